The number of hydrogen-bond acceptors (Lipinski definition) is 2. The molecule has 30 heavy (non-hydrogen) atoms. The van der Waals surface area contributed by atoms with Gasteiger partial charge in [0.15, 0.2) is 0 Å². The summed E-state index contributed by atoms with van der Waals surface area (Å²) >= 11 is 0. The summed E-state index contributed by atoms with van der Waals surface area (Å²) in [6, 6.07) is 25.1. The van der Waals surface area contributed by atoms with Gasteiger partial charge in [0.05, 0.1) is 11.0 Å². The van der Waals surface area contributed by atoms with Crippen molar-refractivity contribution in [3.63, 3.8) is 0 Å². The Morgan fingerprint density at radius 2 is 1.73 bits per heavy atom. The highest BCUT2D eigenvalue weighted by Gasteiger charge is 2.34. The number of amides is 1. The summed E-state index contributed by atoms with van der Waals surface area (Å²) in [4.78, 5) is 19.8. The maximum Gasteiger partial charge on any atom is 0.227 e. The average molecular weight is 396 g/mol. The lowest BCUT2D eigenvalue weighted by molar-refractivity contribution is -0.117. The van der Waals surface area contributed by atoms with Crippen molar-refractivity contribution in [3.05, 3.63) is 95.3 Å². The maximum atomic E-state index is 12.9. The van der Waals surface area contributed by atoms with Gasteiger partial charge in [-0.05, 0) is 49.2 Å². The first-order valence-electron chi connectivity index (χ1n) is 10.5. The predicted octanol–water partition coefficient (Wildman–Crippen LogP) is 5.22. The fourth-order valence-electron chi connectivity index (χ4n) is 4.37. The van der Waals surface area contributed by atoms with Crippen LogP contribution >= 0.6 is 0 Å². The standard InChI is InChI=1S/C26H25N3O/c1-18-10-12-20(13-11-18)16-29-24-9-4-3-8-23(24)27-26(29)21-15-25(30)28(17-21)22-7-5-6-19(2)14-22/h3-14,21H,15-17H2,1-2H3/t21-/m0/s1. The molecule has 4 heteroatoms. The van der Waals surface area contributed by atoms with Crippen LogP contribution in [0.15, 0.2) is 72.8 Å². The zero-order valence-electron chi connectivity index (χ0n) is 17.4. The average Bonchev–Trinajstić information content (AvgIpc) is 3.30. The number of carbonyl (C=O) groups is 1. The largest absolute Gasteiger partial charge is 0.323 e. The summed E-state index contributed by atoms with van der Waals surface area (Å²) in [6.07, 6.45) is 0.491. The van der Waals surface area contributed by atoms with Crippen LogP contribution in [0.1, 0.15) is 34.9 Å². The van der Waals surface area contributed by atoms with Crippen molar-refractivity contribution in [2.24, 2.45) is 0 Å². The quantitative estimate of drug-likeness (QED) is 0.475. The van der Waals surface area contributed by atoms with Gasteiger partial charge in [-0.15, -0.1) is 0 Å². The Kier molecular flexibility index (Phi) is 4.62. The zero-order chi connectivity index (χ0) is 20.7. The Morgan fingerprint density at radius 1 is 0.933 bits per heavy atom. The molecule has 5 rings (SSSR count). The third-order valence-corrected chi connectivity index (χ3v) is 5.95. The van der Waals surface area contributed by atoms with E-state index in [1.165, 1.54) is 11.1 Å². The molecule has 0 bridgehead atoms. The molecular weight excluding hydrogens is 370 g/mol. The van der Waals surface area contributed by atoms with E-state index < -0.39 is 0 Å². The minimum absolute atomic E-state index is 0.0795. The van der Waals surface area contributed by atoms with Crippen LogP contribution in [-0.4, -0.2) is 22.0 Å². The first-order valence-corrected chi connectivity index (χ1v) is 10.5. The van der Waals surface area contributed by atoms with Gasteiger partial charge in [0.2, 0.25) is 5.91 Å². The molecule has 150 valence electrons. The molecule has 0 radical (unpaired) electrons. The van der Waals surface area contributed by atoms with E-state index in [-0.39, 0.29) is 11.8 Å². The number of aryl methyl sites for hydroxylation is 2. The Labute approximate surface area is 176 Å². The van der Waals surface area contributed by atoms with Crippen molar-refractivity contribution >= 4 is 22.6 Å². The van der Waals surface area contributed by atoms with Gasteiger partial charge < -0.3 is 9.47 Å². The van der Waals surface area contributed by atoms with E-state index in [4.69, 9.17) is 4.98 Å². The number of para-hydroxylation sites is 2. The molecule has 3 aromatic carbocycles. The topological polar surface area (TPSA) is 38.1 Å². The minimum atomic E-state index is 0.0795. The fourth-order valence-corrected chi connectivity index (χ4v) is 4.37. The van der Waals surface area contributed by atoms with Gasteiger partial charge >= 0.3 is 0 Å². The summed E-state index contributed by atoms with van der Waals surface area (Å²) in [5.41, 5.74) is 6.74. The van der Waals surface area contributed by atoms with Gasteiger partial charge in [0, 0.05) is 31.1 Å². The van der Waals surface area contributed by atoms with E-state index in [1.807, 2.05) is 23.1 Å². The van der Waals surface area contributed by atoms with E-state index in [0.717, 1.165) is 34.7 Å². The molecule has 2 heterocycles. The number of nitrogens with zero attached hydrogens (tertiary/aromatic N) is 3. The number of benzene rings is 3. The number of imidazole rings is 1. The van der Waals surface area contributed by atoms with Crippen LogP contribution in [0.25, 0.3) is 11.0 Å². The van der Waals surface area contributed by atoms with Gasteiger partial charge in [0.25, 0.3) is 0 Å². The summed E-state index contributed by atoms with van der Waals surface area (Å²) < 4.78 is 2.29. The van der Waals surface area contributed by atoms with Crippen LogP contribution < -0.4 is 4.90 Å². The van der Waals surface area contributed by atoms with Gasteiger partial charge in [-0.3, -0.25) is 4.79 Å². The van der Waals surface area contributed by atoms with Crippen molar-refractivity contribution in [2.75, 3.05) is 11.4 Å². The Bertz CT molecular complexity index is 1220. The lowest BCUT2D eigenvalue weighted by Gasteiger charge is -2.18. The highest BCUT2D eigenvalue weighted by Crippen LogP contribution is 2.33. The van der Waals surface area contributed by atoms with Gasteiger partial charge in [0.1, 0.15) is 5.82 Å². The van der Waals surface area contributed by atoms with E-state index >= 15 is 0 Å². The fraction of sp³-hybridized carbons (Fsp3) is 0.231. The third kappa shape index (κ3) is 3.39. The monoisotopic (exact) mass is 395 g/mol. The third-order valence-electron chi connectivity index (χ3n) is 5.95. The highest BCUT2D eigenvalue weighted by atomic mass is 16.2. The van der Waals surface area contributed by atoms with E-state index in [9.17, 15) is 4.79 Å². The highest BCUT2D eigenvalue weighted by molar-refractivity contribution is 5.96. The number of aromatic nitrogens is 2. The number of hydrogen-bond donors (Lipinski definition) is 0. The molecule has 4 nitrogen and oxygen atoms in total. The second-order valence-electron chi connectivity index (χ2n) is 8.27. The SMILES string of the molecule is Cc1ccc(Cn2c([C@H]3CC(=O)N(c4cccc(C)c4)C3)nc3ccccc32)cc1. The normalized spacial score (nSPS) is 16.5. The van der Waals surface area contributed by atoms with Crippen LogP contribution in [0.2, 0.25) is 0 Å². The van der Waals surface area contributed by atoms with Crippen molar-refractivity contribution in [3.8, 4) is 0 Å². The van der Waals surface area contributed by atoms with Crippen LogP contribution in [0.4, 0.5) is 5.69 Å². The predicted molar refractivity (Wildman–Crippen MR) is 121 cm³/mol. The number of fused-ring (bicyclic) bond motifs is 1. The molecule has 1 atom stereocenters. The lowest BCUT2D eigenvalue weighted by atomic mass is 10.1. The molecule has 1 saturated heterocycles. The van der Waals surface area contributed by atoms with Crippen LogP contribution in [-0.2, 0) is 11.3 Å². The summed E-state index contributed by atoms with van der Waals surface area (Å²) in [5.74, 6) is 1.25. The zero-order valence-corrected chi connectivity index (χ0v) is 17.4. The van der Waals surface area contributed by atoms with Crippen LogP contribution in [0.5, 0.6) is 0 Å². The second kappa shape index (κ2) is 7.45. The molecule has 0 spiro atoms. The Morgan fingerprint density at radius 3 is 2.53 bits per heavy atom. The van der Waals surface area contributed by atoms with E-state index in [2.05, 4.69) is 73.0 Å². The number of rotatable bonds is 4. The van der Waals surface area contributed by atoms with Crippen LogP contribution in [0, 0.1) is 13.8 Å². The summed E-state index contributed by atoms with van der Waals surface area (Å²) in [7, 11) is 0. The maximum absolute atomic E-state index is 12.9. The molecule has 4 aromatic rings. The molecule has 1 aliphatic rings. The molecular formula is C26H25N3O. The van der Waals surface area contributed by atoms with E-state index in [0.29, 0.717) is 13.0 Å². The first kappa shape index (κ1) is 18.6. The summed E-state index contributed by atoms with van der Waals surface area (Å²) in [6.45, 7) is 5.58. The second-order valence-corrected chi connectivity index (χ2v) is 8.27. The molecule has 1 aromatic heterocycles. The molecule has 1 fully saturated rings. The van der Waals surface area contributed by atoms with E-state index in [1.54, 1.807) is 0 Å². The Balaban J connectivity index is 1.52. The molecule has 0 saturated carbocycles. The lowest BCUT2D eigenvalue weighted by Crippen LogP contribution is -2.24. The molecule has 0 aliphatic carbocycles. The van der Waals surface area contributed by atoms with Gasteiger partial charge in [-0.1, -0.05) is 54.1 Å². The van der Waals surface area contributed by atoms with Gasteiger partial charge in [-0.2, -0.15) is 0 Å². The van der Waals surface area contributed by atoms with Crippen LogP contribution in [0.3, 0.4) is 0 Å². The Hall–Kier alpha value is -3.40. The molecule has 0 unspecified atom stereocenters. The molecule has 1 amide bonds. The van der Waals surface area contributed by atoms with Crippen molar-refractivity contribution in [2.45, 2.75) is 32.7 Å². The van der Waals surface area contributed by atoms with Gasteiger partial charge in [-0.25, -0.2) is 4.98 Å². The van der Waals surface area contributed by atoms with Crippen molar-refractivity contribution in [1.82, 2.24) is 9.55 Å². The van der Waals surface area contributed by atoms with Crippen molar-refractivity contribution in [1.29, 1.82) is 0 Å². The number of anilines is 1. The summed E-state index contributed by atoms with van der Waals surface area (Å²) in [5, 5.41) is 0. The van der Waals surface area contributed by atoms with Crippen molar-refractivity contribution < 1.29 is 4.79 Å². The number of carbonyl (C=O) groups excluding carboxylic acids is 1. The minimum Gasteiger partial charge on any atom is -0.323 e. The molecule has 1 aliphatic heterocycles. The first-order chi connectivity index (χ1) is 14.6. The smallest absolute Gasteiger partial charge is 0.227 e. The molecule has 0 N–H and O–H groups in total.